The molecule has 1 fully saturated rings. The van der Waals surface area contributed by atoms with Crippen LogP contribution in [0.5, 0.6) is 0 Å². The minimum absolute atomic E-state index is 0.0295. The summed E-state index contributed by atoms with van der Waals surface area (Å²) in [5.41, 5.74) is 5.97. The topological polar surface area (TPSA) is 75.4 Å². The molecule has 0 aromatic rings. The first kappa shape index (κ1) is 16.0. The zero-order valence-electron chi connectivity index (χ0n) is 12.3. The standard InChI is InChI=1S/C14H27N3O2/c1-4-16-13(18)9-17(5-2)14(19)12-8-11(15)7-6-10(12)3/h10-12H,4-9,15H2,1-3H3,(H,16,18). The van der Waals surface area contributed by atoms with Crippen molar-refractivity contribution in [1.29, 1.82) is 0 Å². The summed E-state index contributed by atoms with van der Waals surface area (Å²) in [6, 6.07) is 0.119. The Morgan fingerprint density at radius 2 is 2.00 bits per heavy atom. The van der Waals surface area contributed by atoms with Gasteiger partial charge in [0.1, 0.15) is 0 Å². The van der Waals surface area contributed by atoms with Gasteiger partial charge in [0.25, 0.3) is 0 Å². The van der Waals surface area contributed by atoms with Crippen LogP contribution in [-0.2, 0) is 9.59 Å². The molecule has 2 amide bonds. The van der Waals surface area contributed by atoms with Crippen LogP contribution in [0.15, 0.2) is 0 Å². The maximum atomic E-state index is 12.5. The van der Waals surface area contributed by atoms with Crippen molar-refractivity contribution < 1.29 is 9.59 Å². The Balaban J connectivity index is 2.63. The third kappa shape index (κ3) is 4.49. The van der Waals surface area contributed by atoms with Crippen LogP contribution < -0.4 is 11.1 Å². The number of carbonyl (C=O) groups excluding carboxylic acids is 2. The number of likely N-dealkylation sites (N-methyl/N-ethyl adjacent to an activating group) is 2. The van der Waals surface area contributed by atoms with Crippen molar-refractivity contribution in [1.82, 2.24) is 10.2 Å². The normalized spacial score (nSPS) is 26.8. The second-order valence-corrected chi connectivity index (χ2v) is 5.46. The van der Waals surface area contributed by atoms with Crippen LogP contribution in [0, 0.1) is 11.8 Å². The Labute approximate surface area is 115 Å². The van der Waals surface area contributed by atoms with Crippen molar-refractivity contribution >= 4 is 11.8 Å². The lowest BCUT2D eigenvalue weighted by atomic mass is 9.77. The molecule has 1 saturated carbocycles. The second kappa shape index (κ2) is 7.48. The number of rotatable bonds is 5. The SMILES string of the molecule is CCNC(=O)CN(CC)C(=O)C1CC(N)CCC1C. The predicted octanol–water partition coefficient (Wildman–Crippen LogP) is 0.735. The Hall–Kier alpha value is -1.10. The third-order valence-electron chi connectivity index (χ3n) is 3.96. The number of carbonyl (C=O) groups is 2. The van der Waals surface area contributed by atoms with Gasteiger partial charge in [0, 0.05) is 25.0 Å². The summed E-state index contributed by atoms with van der Waals surface area (Å²) in [5, 5.41) is 2.73. The fourth-order valence-corrected chi connectivity index (χ4v) is 2.71. The average Bonchev–Trinajstić information content (AvgIpc) is 2.38. The highest BCUT2D eigenvalue weighted by atomic mass is 16.2. The largest absolute Gasteiger partial charge is 0.355 e. The van der Waals surface area contributed by atoms with E-state index >= 15 is 0 Å². The van der Waals surface area contributed by atoms with Crippen molar-refractivity contribution in [3.8, 4) is 0 Å². The molecular weight excluding hydrogens is 242 g/mol. The quantitative estimate of drug-likeness (QED) is 0.773. The van der Waals surface area contributed by atoms with Crippen LogP contribution in [0.3, 0.4) is 0 Å². The molecule has 1 aliphatic carbocycles. The van der Waals surface area contributed by atoms with E-state index in [1.807, 2.05) is 13.8 Å². The van der Waals surface area contributed by atoms with Gasteiger partial charge in [0.05, 0.1) is 6.54 Å². The number of hydrogen-bond donors (Lipinski definition) is 2. The van der Waals surface area contributed by atoms with Gasteiger partial charge < -0.3 is 16.0 Å². The summed E-state index contributed by atoms with van der Waals surface area (Å²) >= 11 is 0. The summed E-state index contributed by atoms with van der Waals surface area (Å²) < 4.78 is 0. The van der Waals surface area contributed by atoms with Crippen LogP contribution in [0.2, 0.25) is 0 Å². The zero-order chi connectivity index (χ0) is 14.4. The maximum absolute atomic E-state index is 12.5. The molecule has 0 aromatic carbocycles. The summed E-state index contributed by atoms with van der Waals surface area (Å²) in [5.74, 6) is 0.315. The van der Waals surface area contributed by atoms with E-state index < -0.39 is 0 Å². The minimum Gasteiger partial charge on any atom is -0.355 e. The highest BCUT2D eigenvalue weighted by molar-refractivity contribution is 5.86. The maximum Gasteiger partial charge on any atom is 0.239 e. The highest BCUT2D eigenvalue weighted by Crippen LogP contribution is 2.30. The van der Waals surface area contributed by atoms with Crippen molar-refractivity contribution in [2.75, 3.05) is 19.6 Å². The van der Waals surface area contributed by atoms with Gasteiger partial charge in [-0.1, -0.05) is 6.92 Å². The van der Waals surface area contributed by atoms with E-state index in [1.165, 1.54) is 0 Å². The van der Waals surface area contributed by atoms with Gasteiger partial charge in [-0.25, -0.2) is 0 Å². The van der Waals surface area contributed by atoms with E-state index in [0.29, 0.717) is 19.0 Å². The van der Waals surface area contributed by atoms with E-state index in [1.54, 1.807) is 4.90 Å². The van der Waals surface area contributed by atoms with Crippen LogP contribution in [-0.4, -0.2) is 42.4 Å². The summed E-state index contributed by atoms with van der Waals surface area (Å²) in [7, 11) is 0. The molecule has 0 bridgehead atoms. The molecule has 1 rings (SSSR count). The average molecular weight is 269 g/mol. The lowest BCUT2D eigenvalue weighted by molar-refractivity contribution is -0.141. The third-order valence-corrected chi connectivity index (χ3v) is 3.96. The summed E-state index contributed by atoms with van der Waals surface area (Å²) in [4.78, 5) is 25.8. The lowest BCUT2D eigenvalue weighted by Gasteiger charge is -2.34. The number of hydrogen-bond acceptors (Lipinski definition) is 3. The van der Waals surface area contributed by atoms with Gasteiger partial charge >= 0.3 is 0 Å². The Morgan fingerprint density at radius 3 is 2.58 bits per heavy atom. The van der Waals surface area contributed by atoms with Crippen molar-refractivity contribution in [2.45, 2.75) is 46.1 Å². The van der Waals surface area contributed by atoms with E-state index in [0.717, 1.165) is 19.3 Å². The van der Waals surface area contributed by atoms with E-state index in [2.05, 4.69) is 12.2 Å². The molecular formula is C14H27N3O2. The minimum atomic E-state index is -0.0922. The van der Waals surface area contributed by atoms with E-state index in [-0.39, 0.29) is 30.3 Å². The monoisotopic (exact) mass is 269 g/mol. The van der Waals surface area contributed by atoms with Crippen LogP contribution in [0.1, 0.15) is 40.0 Å². The first-order valence-corrected chi connectivity index (χ1v) is 7.30. The van der Waals surface area contributed by atoms with Gasteiger partial charge in [-0.05, 0) is 39.0 Å². The van der Waals surface area contributed by atoms with Gasteiger partial charge in [0.15, 0.2) is 0 Å². The molecule has 3 unspecified atom stereocenters. The summed E-state index contributed by atoms with van der Waals surface area (Å²) in [6.07, 6.45) is 2.73. The Bertz CT molecular complexity index is 320. The first-order valence-electron chi connectivity index (χ1n) is 7.30. The second-order valence-electron chi connectivity index (χ2n) is 5.46. The Morgan fingerprint density at radius 1 is 1.32 bits per heavy atom. The molecule has 19 heavy (non-hydrogen) atoms. The smallest absolute Gasteiger partial charge is 0.239 e. The molecule has 110 valence electrons. The number of nitrogens with zero attached hydrogens (tertiary/aromatic N) is 1. The Kier molecular flexibility index (Phi) is 6.28. The number of nitrogens with two attached hydrogens (primary N) is 1. The lowest BCUT2D eigenvalue weighted by Crippen LogP contribution is -2.47. The van der Waals surface area contributed by atoms with Crippen molar-refractivity contribution in [2.24, 2.45) is 17.6 Å². The molecule has 0 aliphatic heterocycles. The van der Waals surface area contributed by atoms with Gasteiger partial charge in [-0.3, -0.25) is 9.59 Å². The van der Waals surface area contributed by atoms with Crippen molar-refractivity contribution in [3.05, 3.63) is 0 Å². The highest BCUT2D eigenvalue weighted by Gasteiger charge is 2.34. The molecule has 0 saturated heterocycles. The number of nitrogens with one attached hydrogen (secondary N) is 1. The molecule has 5 heteroatoms. The van der Waals surface area contributed by atoms with Crippen LogP contribution in [0.4, 0.5) is 0 Å². The fourth-order valence-electron chi connectivity index (χ4n) is 2.71. The van der Waals surface area contributed by atoms with E-state index in [9.17, 15) is 9.59 Å². The molecule has 0 spiro atoms. The summed E-state index contributed by atoms with van der Waals surface area (Å²) in [6.45, 7) is 7.20. The molecule has 3 N–H and O–H groups in total. The molecule has 1 aliphatic rings. The molecule has 5 nitrogen and oxygen atoms in total. The zero-order valence-corrected chi connectivity index (χ0v) is 12.3. The van der Waals surface area contributed by atoms with Gasteiger partial charge in [0.2, 0.25) is 11.8 Å². The number of amides is 2. The van der Waals surface area contributed by atoms with Crippen molar-refractivity contribution in [3.63, 3.8) is 0 Å². The predicted molar refractivity (Wildman–Crippen MR) is 75.4 cm³/mol. The van der Waals surface area contributed by atoms with Crippen LogP contribution >= 0.6 is 0 Å². The van der Waals surface area contributed by atoms with E-state index in [4.69, 9.17) is 5.73 Å². The molecule has 0 radical (unpaired) electrons. The molecule has 3 atom stereocenters. The first-order chi connectivity index (χ1) is 8.99. The molecule has 0 heterocycles. The van der Waals surface area contributed by atoms with Gasteiger partial charge in [-0.15, -0.1) is 0 Å². The van der Waals surface area contributed by atoms with Gasteiger partial charge in [-0.2, -0.15) is 0 Å². The molecule has 0 aromatic heterocycles. The fraction of sp³-hybridized carbons (Fsp3) is 0.857. The van der Waals surface area contributed by atoms with Crippen LogP contribution in [0.25, 0.3) is 0 Å².